The molecule has 10 aromatic rings. The minimum Gasteiger partial charge on any atom is -0.456 e. The number of hydrogen-bond acceptors (Lipinski definition) is 4. The summed E-state index contributed by atoms with van der Waals surface area (Å²) in [7, 11) is 0. The first kappa shape index (κ1) is 29.8. The van der Waals surface area contributed by atoms with Gasteiger partial charge in [-0.3, -0.25) is 0 Å². The first-order valence-corrected chi connectivity index (χ1v) is 18.0. The Morgan fingerprint density at radius 2 is 1.13 bits per heavy atom. The Labute approximate surface area is 305 Å². The molecule has 1 aliphatic rings. The predicted molar refractivity (Wildman–Crippen MR) is 215 cm³/mol. The van der Waals surface area contributed by atoms with E-state index >= 15 is 0 Å². The Morgan fingerprint density at radius 1 is 0.491 bits per heavy atom. The van der Waals surface area contributed by atoms with Gasteiger partial charge in [-0.1, -0.05) is 135 Å². The summed E-state index contributed by atoms with van der Waals surface area (Å²) in [5.74, 6) is 1.90. The maximum Gasteiger partial charge on any atom is 0.164 e. The summed E-state index contributed by atoms with van der Waals surface area (Å²) in [6, 6.07) is 55.1. The highest BCUT2D eigenvalue weighted by molar-refractivity contribution is 6.27. The van der Waals surface area contributed by atoms with Crippen molar-refractivity contribution in [2.75, 3.05) is 0 Å². The third-order valence-corrected chi connectivity index (χ3v) is 11.0. The first-order chi connectivity index (χ1) is 26.0. The van der Waals surface area contributed by atoms with E-state index in [1.54, 1.807) is 0 Å². The molecule has 0 saturated carbocycles. The van der Waals surface area contributed by atoms with Crippen molar-refractivity contribution < 1.29 is 4.42 Å². The van der Waals surface area contributed by atoms with E-state index in [1.165, 1.54) is 33.0 Å². The standard InChI is InChI=1S/C48H32N4O/c1-48(2)36-22-11-9-20-33(36)41-37(48)25-26-38-42(41)35-24-27-40-43(34-21-10-12-23-39(34)53-40)44(35)52(38)32-19-13-18-31(28-32)47-50-45(29-14-5-3-6-15-29)49-46(51-47)30-16-7-4-8-17-30/h3-28H,1-2H3. The molecule has 7 aromatic carbocycles. The predicted octanol–water partition coefficient (Wildman–Crippen LogP) is 12.2. The van der Waals surface area contributed by atoms with Gasteiger partial charge in [0.15, 0.2) is 17.5 Å². The zero-order chi connectivity index (χ0) is 35.3. The zero-order valence-corrected chi connectivity index (χ0v) is 29.2. The van der Waals surface area contributed by atoms with Crippen molar-refractivity contribution in [1.82, 2.24) is 19.5 Å². The Balaban J connectivity index is 1.22. The highest BCUT2D eigenvalue weighted by atomic mass is 16.3. The molecule has 0 N–H and O–H groups in total. The zero-order valence-electron chi connectivity index (χ0n) is 29.2. The number of nitrogens with zero attached hydrogens (tertiary/aromatic N) is 4. The van der Waals surface area contributed by atoms with E-state index in [0.29, 0.717) is 17.5 Å². The number of fused-ring (bicyclic) bond motifs is 11. The second-order valence-corrected chi connectivity index (χ2v) is 14.4. The Hall–Kier alpha value is -6.85. The van der Waals surface area contributed by atoms with Crippen LogP contribution in [0, 0.1) is 0 Å². The van der Waals surface area contributed by atoms with E-state index in [9.17, 15) is 0 Å². The lowest BCUT2D eigenvalue weighted by molar-refractivity contribution is 0.661. The van der Waals surface area contributed by atoms with Gasteiger partial charge in [0.25, 0.3) is 0 Å². The average Bonchev–Trinajstić information content (AvgIpc) is 3.84. The SMILES string of the molecule is CC1(C)c2ccccc2-c2c1ccc1c2c2ccc3oc4ccccc4c3c2n1-c1cccc(-c2nc(-c3ccccc3)nc(-c3ccccc3)n2)c1. The smallest absolute Gasteiger partial charge is 0.164 e. The summed E-state index contributed by atoms with van der Waals surface area (Å²) in [4.78, 5) is 15.1. The second-order valence-electron chi connectivity index (χ2n) is 14.4. The van der Waals surface area contributed by atoms with Crippen LogP contribution in [-0.2, 0) is 5.41 Å². The van der Waals surface area contributed by atoms with Gasteiger partial charge in [0, 0.05) is 44.0 Å². The molecule has 3 heterocycles. The molecule has 0 atom stereocenters. The lowest BCUT2D eigenvalue weighted by Crippen LogP contribution is -2.14. The normalized spacial score (nSPS) is 13.2. The van der Waals surface area contributed by atoms with Gasteiger partial charge in [-0.15, -0.1) is 0 Å². The van der Waals surface area contributed by atoms with E-state index in [0.717, 1.165) is 55.3 Å². The van der Waals surface area contributed by atoms with E-state index < -0.39 is 0 Å². The Morgan fingerprint density at radius 3 is 1.89 bits per heavy atom. The average molecular weight is 681 g/mol. The van der Waals surface area contributed by atoms with E-state index in [1.807, 2.05) is 66.7 Å². The topological polar surface area (TPSA) is 56.7 Å². The van der Waals surface area contributed by atoms with Crippen molar-refractivity contribution in [3.8, 4) is 51.0 Å². The summed E-state index contributed by atoms with van der Waals surface area (Å²) in [5.41, 5.74) is 13.0. The molecule has 0 saturated heterocycles. The summed E-state index contributed by atoms with van der Waals surface area (Å²) in [6.07, 6.45) is 0. The molecule has 5 heteroatoms. The fraction of sp³-hybridized carbons (Fsp3) is 0.0625. The monoisotopic (exact) mass is 680 g/mol. The largest absolute Gasteiger partial charge is 0.456 e. The van der Waals surface area contributed by atoms with E-state index in [2.05, 4.69) is 109 Å². The van der Waals surface area contributed by atoms with Crippen LogP contribution < -0.4 is 0 Å². The summed E-state index contributed by atoms with van der Waals surface area (Å²) < 4.78 is 8.91. The second kappa shape index (κ2) is 11.1. The van der Waals surface area contributed by atoms with Gasteiger partial charge in [-0.25, -0.2) is 15.0 Å². The fourth-order valence-corrected chi connectivity index (χ4v) is 8.59. The summed E-state index contributed by atoms with van der Waals surface area (Å²) in [6.45, 7) is 4.69. The van der Waals surface area contributed by atoms with Crippen LogP contribution in [0.4, 0.5) is 0 Å². The van der Waals surface area contributed by atoms with Crippen LogP contribution in [0.3, 0.4) is 0 Å². The quantitative estimate of drug-likeness (QED) is 0.186. The van der Waals surface area contributed by atoms with Gasteiger partial charge < -0.3 is 8.98 Å². The van der Waals surface area contributed by atoms with Gasteiger partial charge in [0.1, 0.15) is 11.2 Å². The number of para-hydroxylation sites is 1. The molecule has 5 nitrogen and oxygen atoms in total. The summed E-state index contributed by atoms with van der Waals surface area (Å²) in [5, 5.41) is 4.66. The van der Waals surface area contributed by atoms with Crippen molar-refractivity contribution in [3.05, 3.63) is 169 Å². The molecule has 0 fully saturated rings. The van der Waals surface area contributed by atoms with Gasteiger partial charge in [0.05, 0.1) is 16.4 Å². The fourth-order valence-electron chi connectivity index (χ4n) is 8.59. The molecule has 0 aliphatic heterocycles. The van der Waals surface area contributed by atoms with E-state index in [4.69, 9.17) is 19.4 Å². The molecule has 0 radical (unpaired) electrons. The first-order valence-electron chi connectivity index (χ1n) is 18.0. The van der Waals surface area contributed by atoms with Crippen molar-refractivity contribution in [2.45, 2.75) is 19.3 Å². The van der Waals surface area contributed by atoms with Crippen molar-refractivity contribution in [3.63, 3.8) is 0 Å². The molecule has 53 heavy (non-hydrogen) atoms. The van der Waals surface area contributed by atoms with Gasteiger partial charge in [-0.05, 0) is 58.7 Å². The third kappa shape index (κ3) is 4.34. The molecule has 0 bridgehead atoms. The van der Waals surface area contributed by atoms with Crippen LogP contribution in [-0.4, -0.2) is 19.5 Å². The van der Waals surface area contributed by atoms with Gasteiger partial charge in [-0.2, -0.15) is 0 Å². The molecule has 1 aliphatic carbocycles. The lowest BCUT2D eigenvalue weighted by atomic mass is 9.82. The minimum absolute atomic E-state index is 0.119. The maximum absolute atomic E-state index is 6.49. The molecular formula is C48H32N4O. The van der Waals surface area contributed by atoms with Gasteiger partial charge >= 0.3 is 0 Å². The highest BCUT2D eigenvalue weighted by Crippen LogP contribution is 2.54. The summed E-state index contributed by atoms with van der Waals surface area (Å²) >= 11 is 0. The number of hydrogen-bond donors (Lipinski definition) is 0. The Kier molecular flexibility index (Phi) is 6.23. The minimum atomic E-state index is -0.119. The van der Waals surface area contributed by atoms with Crippen LogP contribution in [0.2, 0.25) is 0 Å². The molecule has 0 unspecified atom stereocenters. The van der Waals surface area contributed by atoms with Crippen molar-refractivity contribution in [1.29, 1.82) is 0 Å². The molecule has 11 rings (SSSR count). The molecular weight excluding hydrogens is 649 g/mol. The van der Waals surface area contributed by atoms with Crippen LogP contribution in [0.1, 0.15) is 25.0 Å². The molecule has 250 valence electrons. The van der Waals surface area contributed by atoms with Crippen LogP contribution in [0.15, 0.2) is 162 Å². The van der Waals surface area contributed by atoms with Crippen LogP contribution in [0.25, 0.3) is 94.7 Å². The number of benzene rings is 7. The van der Waals surface area contributed by atoms with Crippen LogP contribution in [0.5, 0.6) is 0 Å². The van der Waals surface area contributed by atoms with E-state index in [-0.39, 0.29) is 5.41 Å². The molecule has 0 amide bonds. The number of furan rings is 1. The van der Waals surface area contributed by atoms with Crippen LogP contribution >= 0.6 is 0 Å². The van der Waals surface area contributed by atoms with Gasteiger partial charge in [0.2, 0.25) is 0 Å². The lowest BCUT2D eigenvalue weighted by Gasteiger charge is -2.21. The molecule has 3 aromatic heterocycles. The number of aromatic nitrogens is 4. The molecule has 0 spiro atoms. The van der Waals surface area contributed by atoms with Crippen molar-refractivity contribution in [2.24, 2.45) is 0 Å². The number of rotatable bonds is 4. The van der Waals surface area contributed by atoms with Crippen molar-refractivity contribution >= 4 is 43.7 Å². The third-order valence-electron chi connectivity index (χ3n) is 11.0. The highest BCUT2D eigenvalue weighted by Gasteiger charge is 2.37. The Bertz CT molecular complexity index is 3020. The maximum atomic E-state index is 6.49.